The average molecular weight is 742 g/mol. The summed E-state index contributed by atoms with van der Waals surface area (Å²) in [6.45, 7) is 13.2. The van der Waals surface area contributed by atoms with E-state index in [1.165, 1.54) is 39.1 Å². The molecule has 0 amide bonds. The van der Waals surface area contributed by atoms with Crippen molar-refractivity contribution in [3.05, 3.63) is 180 Å². The molecule has 0 aliphatic carbocycles. The van der Waals surface area contributed by atoms with Gasteiger partial charge in [0.2, 0.25) is 11.4 Å². The Morgan fingerprint density at radius 1 is 0.737 bits per heavy atom. The van der Waals surface area contributed by atoms with E-state index in [0.717, 1.165) is 62.7 Å². The zero-order chi connectivity index (χ0) is 39.4. The number of rotatable bonds is 7. The normalized spacial score (nSPS) is 14.9. The maximum atomic E-state index is 10.4. The zero-order valence-electron chi connectivity index (χ0n) is 33.4. The zero-order valence-corrected chi connectivity index (χ0v) is 33.4. The second-order valence-corrected chi connectivity index (χ2v) is 16.6. The third kappa shape index (κ3) is 6.25. The van der Waals surface area contributed by atoms with Crippen LogP contribution in [0.1, 0.15) is 67.0 Å². The molecule has 5 aromatic carbocycles. The molecule has 0 radical (unpaired) electrons. The summed E-state index contributed by atoms with van der Waals surface area (Å²) in [5.41, 5.74) is 16.2. The lowest BCUT2D eigenvalue weighted by Crippen LogP contribution is -2.46. The van der Waals surface area contributed by atoms with E-state index in [4.69, 9.17) is 4.42 Å². The molecule has 0 spiro atoms. The van der Waals surface area contributed by atoms with Crippen molar-refractivity contribution in [1.29, 1.82) is 5.26 Å². The predicted octanol–water partition coefficient (Wildman–Crippen LogP) is 12.3. The molecule has 4 heteroatoms. The summed E-state index contributed by atoms with van der Waals surface area (Å²) < 4.78 is 11.7. The molecule has 1 aliphatic heterocycles. The summed E-state index contributed by atoms with van der Waals surface area (Å²) in [4.78, 5) is 0. The highest BCUT2D eigenvalue weighted by molar-refractivity contribution is 6.14. The van der Waals surface area contributed by atoms with Crippen molar-refractivity contribution in [3.8, 4) is 50.8 Å². The first kappa shape index (κ1) is 36.1. The Morgan fingerprint density at radius 2 is 1.40 bits per heavy atom. The third-order valence-electron chi connectivity index (χ3n) is 12.0. The monoisotopic (exact) mass is 741 g/mol. The van der Waals surface area contributed by atoms with Crippen LogP contribution in [-0.4, -0.2) is 0 Å². The molecule has 278 valence electrons. The van der Waals surface area contributed by atoms with Gasteiger partial charge in [-0.2, -0.15) is 9.83 Å². The predicted molar refractivity (Wildman–Crippen MR) is 232 cm³/mol. The van der Waals surface area contributed by atoms with Gasteiger partial charge in [0.05, 0.1) is 23.1 Å². The second kappa shape index (κ2) is 14.2. The first-order valence-corrected chi connectivity index (χ1v) is 20.0. The van der Waals surface area contributed by atoms with Gasteiger partial charge in [-0.25, -0.2) is 4.57 Å². The van der Waals surface area contributed by atoms with Crippen molar-refractivity contribution in [2.75, 3.05) is 0 Å². The van der Waals surface area contributed by atoms with Crippen molar-refractivity contribution in [2.24, 2.45) is 7.05 Å². The molecule has 4 nitrogen and oxygen atoms in total. The summed E-state index contributed by atoms with van der Waals surface area (Å²) in [6.07, 6.45) is 8.26. The number of allylic oxidation sites excluding steroid dienone is 1. The van der Waals surface area contributed by atoms with Crippen molar-refractivity contribution in [1.82, 2.24) is 0 Å². The Labute approximate surface area is 335 Å². The molecule has 0 bridgehead atoms. The van der Waals surface area contributed by atoms with Gasteiger partial charge in [-0.1, -0.05) is 106 Å². The van der Waals surface area contributed by atoms with Gasteiger partial charge in [0, 0.05) is 45.7 Å². The fourth-order valence-electron chi connectivity index (χ4n) is 9.04. The van der Waals surface area contributed by atoms with Gasteiger partial charge in [-0.15, -0.1) is 0 Å². The topological polar surface area (TPSA) is 44.7 Å². The summed E-state index contributed by atoms with van der Waals surface area (Å²) in [5, 5.41) is 12.5. The van der Waals surface area contributed by atoms with Crippen LogP contribution >= 0.6 is 0 Å². The third-order valence-corrected chi connectivity index (χ3v) is 12.0. The molecule has 0 fully saturated rings. The Bertz CT molecular complexity index is 2880. The van der Waals surface area contributed by atoms with Crippen LogP contribution in [0, 0.1) is 18.3 Å². The van der Waals surface area contributed by atoms with Crippen LogP contribution in [0.3, 0.4) is 0 Å². The van der Waals surface area contributed by atoms with Gasteiger partial charge in [-0.05, 0) is 95.0 Å². The van der Waals surface area contributed by atoms with Crippen LogP contribution in [0.4, 0.5) is 0 Å². The number of fused-ring (bicyclic) bond motifs is 6. The van der Waals surface area contributed by atoms with Gasteiger partial charge in [0.15, 0.2) is 18.4 Å². The van der Waals surface area contributed by atoms with Crippen LogP contribution < -0.4 is 9.13 Å². The highest BCUT2D eigenvalue weighted by atomic mass is 16.3. The van der Waals surface area contributed by atoms with Gasteiger partial charge in [-0.3, -0.25) is 0 Å². The lowest BCUT2D eigenvalue weighted by molar-refractivity contribution is -0.707. The fraction of sp³-hybridized carbons (Fsp3) is 0.189. The first-order chi connectivity index (χ1) is 27.6. The summed E-state index contributed by atoms with van der Waals surface area (Å²) >= 11 is 0. The Hall–Kier alpha value is -6.57. The molecule has 4 heterocycles. The van der Waals surface area contributed by atoms with Crippen molar-refractivity contribution in [2.45, 2.75) is 57.9 Å². The first-order valence-electron chi connectivity index (χ1n) is 20.0. The summed E-state index contributed by atoms with van der Waals surface area (Å²) in [5.74, 6) is 0.242. The highest BCUT2D eigenvalue weighted by Crippen LogP contribution is 2.45. The SMILES string of the molecule is C=CC1C(CCc2ccc3c(oc4c(-c5ccc(-c6ccc(C(C)(C)C)cc6)cc5)c(C#N)ccc43)c2-c2cccc[n+]2C)c2ccccc2-c2ccc(C)c[n+]21. The van der Waals surface area contributed by atoms with Gasteiger partial charge >= 0.3 is 0 Å². The van der Waals surface area contributed by atoms with Crippen molar-refractivity contribution < 1.29 is 13.6 Å². The standard InChI is InChI=1S/C53H47N3O/c1-7-46-43(41-12-8-9-13-42(41)47-30-15-34(2)33-56(46)47)27-22-38-23-28-45-44-29-24-39(32-54)49(51(44)57-52(45)50(38)48-14-10-11-31-55(48)6)37-18-16-35(17-19-37)36-20-25-40(26-21-36)53(3,4)5/h7-21,23-26,28-31,33,43,46H,1,22,27H2,2-6H3/q+2. The number of aryl methyl sites for hydroxylation is 3. The molecule has 0 saturated carbocycles. The number of nitriles is 1. The molecule has 3 aromatic heterocycles. The summed E-state index contributed by atoms with van der Waals surface area (Å²) in [7, 11) is 2.10. The minimum Gasteiger partial charge on any atom is -0.454 e. The van der Waals surface area contributed by atoms with E-state index < -0.39 is 0 Å². The smallest absolute Gasteiger partial charge is 0.216 e. The number of furan rings is 1. The lowest BCUT2D eigenvalue weighted by atomic mass is 9.79. The minimum atomic E-state index is 0.0986. The van der Waals surface area contributed by atoms with E-state index in [0.29, 0.717) is 5.56 Å². The van der Waals surface area contributed by atoms with E-state index in [2.05, 4.69) is 190 Å². The van der Waals surface area contributed by atoms with E-state index in [1.54, 1.807) is 0 Å². The number of benzene rings is 5. The van der Waals surface area contributed by atoms with Gasteiger partial charge < -0.3 is 4.42 Å². The molecule has 2 atom stereocenters. The van der Waals surface area contributed by atoms with E-state index in [9.17, 15) is 5.26 Å². The average Bonchev–Trinajstić information content (AvgIpc) is 3.61. The number of hydrogen-bond donors (Lipinski definition) is 0. The van der Waals surface area contributed by atoms with Crippen LogP contribution in [0.25, 0.3) is 66.7 Å². The molecular weight excluding hydrogens is 695 g/mol. The molecule has 2 unspecified atom stereocenters. The second-order valence-electron chi connectivity index (χ2n) is 16.6. The molecule has 0 N–H and O–H groups in total. The highest BCUT2D eigenvalue weighted by Gasteiger charge is 2.38. The summed E-state index contributed by atoms with van der Waals surface area (Å²) in [6, 6.07) is 48.1. The molecule has 8 aromatic rings. The van der Waals surface area contributed by atoms with Gasteiger partial charge in [0.1, 0.15) is 18.2 Å². The van der Waals surface area contributed by atoms with Gasteiger partial charge in [0.25, 0.3) is 0 Å². The van der Waals surface area contributed by atoms with Crippen LogP contribution in [0.2, 0.25) is 0 Å². The molecule has 1 aliphatic rings. The number of hydrogen-bond acceptors (Lipinski definition) is 2. The Morgan fingerprint density at radius 3 is 2.11 bits per heavy atom. The Kier molecular flexibility index (Phi) is 8.98. The number of nitrogens with zero attached hydrogens (tertiary/aromatic N) is 3. The largest absolute Gasteiger partial charge is 0.454 e. The molecule has 9 rings (SSSR count). The van der Waals surface area contributed by atoms with Crippen molar-refractivity contribution >= 4 is 21.9 Å². The Balaban J connectivity index is 1.16. The quantitative estimate of drug-likeness (QED) is 0.121. The molecule has 57 heavy (non-hydrogen) atoms. The van der Waals surface area contributed by atoms with Crippen LogP contribution in [0.15, 0.2) is 157 Å². The lowest BCUT2D eigenvalue weighted by Gasteiger charge is -2.29. The number of aromatic nitrogens is 2. The maximum absolute atomic E-state index is 10.4. The van der Waals surface area contributed by atoms with E-state index in [1.807, 2.05) is 12.1 Å². The minimum absolute atomic E-state index is 0.0986. The van der Waals surface area contributed by atoms with E-state index >= 15 is 0 Å². The van der Waals surface area contributed by atoms with E-state index in [-0.39, 0.29) is 17.4 Å². The fourth-order valence-corrected chi connectivity index (χ4v) is 9.04. The van der Waals surface area contributed by atoms with Crippen LogP contribution in [-0.2, 0) is 18.9 Å². The number of pyridine rings is 2. The molecule has 0 saturated heterocycles. The van der Waals surface area contributed by atoms with Crippen LogP contribution in [0.5, 0.6) is 0 Å². The van der Waals surface area contributed by atoms with Crippen molar-refractivity contribution in [3.63, 3.8) is 0 Å². The molecular formula is C53H47N3O+2. The maximum Gasteiger partial charge on any atom is 0.216 e.